The molecule has 0 fully saturated rings. The summed E-state index contributed by atoms with van der Waals surface area (Å²) in [5.41, 5.74) is 2.26. The summed E-state index contributed by atoms with van der Waals surface area (Å²) in [7, 11) is 3.69. The van der Waals surface area contributed by atoms with Gasteiger partial charge in [0.1, 0.15) is 0 Å². The maximum absolute atomic E-state index is 14.6. The molecule has 15 heteroatoms. The van der Waals surface area contributed by atoms with E-state index in [0.29, 0.717) is 64.4 Å². The number of ether oxygens (including phenoxy) is 1. The van der Waals surface area contributed by atoms with Crippen molar-refractivity contribution in [2.75, 3.05) is 50.2 Å². The maximum Gasteiger partial charge on any atom is 0.355 e. The van der Waals surface area contributed by atoms with E-state index in [1.165, 1.54) is 28.7 Å². The minimum atomic E-state index is -1.13. The van der Waals surface area contributed by atoms with Crippen LogP contribution in [-0.2, 0) is 6.42 Å². The van der Waals surface area contributed by atoms with Crippen LogP contribution in [0.3, 0.4) is 0 Å². The predicted molar refractivity (Wildman–Crippen MR) is 196 cm³/mol. The van der Waals surface area contributed by atoms with Gasteiger partial charge in [0.2, 0.25) is 0 Å². The van der Waals surface area contributed by atoms with E-state index in [1.807, 2.05) is 61.2 Å². The molecule has 11 nitrogen and oxygen atoms in total. The van der Waals surface area contributed by atoms with E-state index >= 15 is 0 Å². The molecule has 5 aromatic rings. The molecule has 1 atom stereocenters. The second kappa shape index (κ2) is 17.4. The molecule has 3 N–H and O–H groups in total. The fourth-order valence-corrected chi connectivity index (χ4v) is 7.14. The third kappa shape index (κ3) is 9.90. The Hall–Kier alpha value is -4.25. The van der Waals surface area contributed by atoms with Crippen molar-refractivity contribution >= 4 is 69.6 Å². The zero-order valence-corrected chi connectivity index (χ0v) is 30.0. The Kier molecular flexibility index (Phi) is 12.8. The van der Waals surface area contributed by atoms with Gasteiger partial charge in [0.05, 0.1) is 23.4 Å². The molecule has 0 aliphatic heterocycles. The summed E-state index contributed by atoms with van der Waals surface area (Å²) in [6, 6.07) is 14.4. The summed E-state index contributed by atoms with van der Waals surface area (Å²) in [6.07, 6.45) is 3.03. The lowest BCUT2D eigenvalue weighted by atomic mass is 10.2. The van der Waals surface area contributed by atoms with Crippen LogP contribution in [0, 0.1) is 24.6 Å². The molecule has 2 aromatic carbocycles. The number of nitrogens with zero attached hydrogens (tertiary/aromatic N) is 6. The zero-order chi connectivity index (χ0) is 34.8. The Morgan fingerprint density at radius 1 is 1.08 bits per heavy atom. The van der Waals surface area contributed by atoms with Crippen molar-refractivity contribution in [1.29, 1.82) is 0 Å². The lowest BCUT2D eigenvalue weighted by Crippen LogP contribution is -2.21. The molecule has 0 bridgehead atoms. The largest absolute Gasteiger partial charge is 0.491 e. The molecular formula is C34H37FN7O4PS2. The van der Waals surface area contributed by atoms with Crippen molar-refractivity contribution < 1.29 is 23.9 Å². The van der Waals surface area contributed by atoms with E-state index in [-0.39, 0.29) is 26.9 Å². The summed E-state index contributed by atoms with van der Waals surface area (Å²) >= 11 is 2.80. The van der Waals surface area contributed by atoms with Crippen LogP contribution >= 0.6 is 31.5 Å². The highest BCUT2D eigenvalue weighted by atomic mass is 32.1. The van der Waals surface area contributed by atoms with Gasteiger partial charge in [0.15, 0.2) is 39.2 Å². The number of aromatic carboxylic acids is 1. The number of thiazole rings is 2. The van der Waals surface area contributed by atoms with Crippen molar-refractivity contribution in [3.05, 3.63) is 76.0 Å². The van der Waals surface area contributed by atoms with Crippen molar-refractivity contribution in [2.45, 2.75) is 32.6 Å². The number of para-hydroxylation sites is 1. The average Bonchev–Trinajstić information content (AvgIpc) is 3.69. The number of anilines is 4. The van der Waals surface area contributed by atoms with Gasteiger partial charge < -0.3 is 25.0 Å². The SMILES string of the molecule is Cc1cc(N(CCCCPO)c2nc(C(=O)O)c(CCCOc3ccc(C#CCN(C)C)cc3F)s2)nnc1Nc1nc2ccccc2s1. The minimum Gasteiger partial charge on any atom is -0.491 e. The molecule has 0 aliphatic carbocycles. The van der Waals surface area contributed by atoms with Crippen LogP contribution in [0.5, 0.6) is 5.75 Å². The van der Waals surface area contributed by atoms with Gasteiger partial charge in [-0.2, -0.15) is 0 Å². The Bertz CT molecular complexity index is 1930. The van der Waals surface area contributed by atoms with Gasteiger partial charge in [-0.1, -0.05) is 35.3 Å². The number of carboxylic acid groups (broad SMARTS) is 1. The lowest BCUT2D eigenvalue weighted by molar-refractivity contribution is 0.0690. The van der Waals surface area contributed by atoms with Crippen LogP contribution in [0.4, 0.5) is 26.3 Å². The van der Waals surface area contributed by atoms with Gasteiger partial charge in [0.25, 0.3) is 0 Å². The molecule has 5 rings (SSSR count). The molecule has 256 valence electrons. The van der Waals surface area contributed by atoms with Crippen molar-refractivity contribution in [1.82, 2.24) is 25.1 Å². The summed E-state index contributed by atoms with van der Waals surface area (Å²) in [4.78, 5) is 35.1. The van der Waals surface area contributed by atoms with Crippen LogP contribution in [0.1, 0.15) is 45.8 Å². The van der Waals surface area contributed by atoms with E-state index in [2.05, 4.69) is 37.3 Å². The monoisotopic (exact) mass is 721 g/mol. The molecule has 3 heterocycles. The summed E-state index contributed by atoms with van der Waals surface area (Å²) in [5.74, 6) is 5.50. The number of aromatic nitrogens is 4. The number of benzene rings is 2. The normalized spacial score (nSPS) is 11.3. The highest BCUT2D eigenvalue weighted by Gasteiger charge is 2.23. The number of nitrogens with one attached hydrogen (secondary N) is 1. The summed E-state index contributed by atoms with van der Waals surface area (Å²) in [6.45, 7) is 3.19. The van der Waals surface area contributed by atoms with Gasteiger partial charge in [0, 0.05) is 25.8 Å². The third-order valence-corrected chi connectivity index (χ3v) is 9.84. The first-order valence-electron chi connectivity index (χ1n) is 15.6. The van der Waals surface area contributed by atoms with Crippen molar-refractivity contribution in [2.24, 2.45) is 0 Å². The van der Waals surface area contributed by atoms with Crippen LogP contribution in [-0.4, -0.2) is 81.0 Å². The van der Waals surface area contributed by atoms with E-state index in [9.17, 15) is 19.2 Å². The second-order valence-electron chi connectivity index (χ2n) is 11.3. The van der Waals surface area contributed by atoms with Gasteiger partial charge >= 0.3 is 5.97 Å². The predicted octanol–water partition coefficient (Wildman–Crippen LogP) is 6.86. The molecule has 0 radical (unpaired) electrons. The summed E-state index contributed by atoms with van der Waals surface area (Å²) < 4.78 is 21.4. The standard InChI is InChI=1S/C34H37FN7O4PS2/c1-22-20-29(39-40-31(22)38-33-36-25-11-4-5-12-27(25)48-33)42(17-6-7-19-47-45)34-37-30(32(43)44)28(49-34)13-9-18-46-26-15-14-23(21-24(26)35)10-8-16-41(2)3/h4-5,11-12,14-15,20-21,45,47H,6-7,9,13,16-19H2,1-3H3,(H,43,44)(H,36,38,40). The highest BCUT2D eigenvalue weighted by Crippen LogP contribution is 2.34. The number of hydrogen-bond acceptors (Lipinski definition) is 12. The first kappa shape index (κ1) is 36.0. The van der Waals surface area contributed by atoms with E-state index < -0.39 is 11.8 Å². The van der Waals surface area contributed by atoms with Gasteiger partial charge in [-0.15, -0.1) is 21.5 Å². The van der Waals surface area contributed by atoms with E-state index in [4.69, 9.17) is 4.74 Å². The fraction of sp³-hybridized carbons (Fsp3) is 0.324. The number of hydrogen-bond donors (Lipinski definition) is 3. The van der Waals surface area contributed by atoms with Gasteiger partial charge in [-0.05, 0) is 94.8 Å². The number of unbranched alkanes of at least 4 members (excludes halogenated alkanes) is 1. The van der Waals surface area contributed by atoms with Gasteiger partial charge in [-0.3, -0.25) is 4.90 Å². The third-order valence-electron chi connectivity index (χ3n) is 7.17. The fourth-order valence-electron chi connectivity index (χ4n) is 4.74. The molecule has 0 saturated heterocycles. The average molecular weight is 722 g/mol. The molecule has 0 spiro atoms. The zero-order valence-electron chi connectivity index (χ0n) is 27.4. The molecule has 0 amide bonds. The topological polar surface area (TPSA) is 137 Å². The van der Waals surface area contributed by atoms with Crippen LogP contribution in [0.15, 0.2) is 48.5 Å². The number of aryl methyl sites for hydroxylation is 2. The second-order valence-corrected chi connectivity index (χ2v) is 14.2. The minimum absolute atomic E-state index is 0.0347. The Labute approximate surface area is 294 Å². The van der Waals surface area contributed by atoms with Crippen LogP contribution < -0.4 is 15.0 Å². The Balaban J connectivity index is 1.29. The van der Waals surface area contributed by atoms with E-state index in [1.54, 1.807) is 12.1 Å². The number of fused-ring (bicyclic) bond motifs is 1. The molecule has 0 saturated carbocycles. The number of rotatable bonds is 16. The number of halogens is 1. The molecule has 0 aliphatic rings. The molecular weight excluding hydrogens is 685 g/mol. The van der Waals surface area contributed by atoms with Gasteiger partial charge in [-0.25, -0.2) is 19.2 Å². The van der Waals surface area contributed by atoms with Crippen LogP contribution in [0.2, 0.25) is 0 Å². The molecule has 3 aromatic heterocycles. The highest BCUT2D eigenvalue weighted by molar-refractivity contribution is 7.31. The lowest BCUT2D eigenvalue weighted by Gasteiger charge is -2.21. The maximum atomic E-state index is 14.6. The molecule has 1 unspecified atom stereocenters. The van der Waals surface area contributed by atoms with Crippen LogP contribution in [0.25, 0.3) is 10.2 Å². The van der Waals surface area contributed by atoms with Crippen molar-refractivity contribution in [3.63, 3.8) is 0 Å². The molecule has 49 heavy (non-hydrogen) atoms. The quantitative estimate of drug-likeness (QED) is 0.0560. The van der Waals surface area contributed by atoms with E-state index in [0.717, 1.165) is 28.6 Å². The Morgan fingerprint density at radius 2 is 1.92 bits per heavy atom. The summed E-state index contributed by atoms with van der Waals surface area (Å²) in [5, 5.41) is 23.4. The smallest absolute Gasteiger partial charge is 0.355 e. The first-order chi connectivity index (χ1) is 23.7. The Morgan fingerprint density at radius 3 is 2.65 bits per heavy atom. The number of carbonyl (C=O) groups is 1. The first-order valence-corrected chi connectivity index (χ1v) is 18.4. The number of carboxylic acids is 1. The van der Waals surface area contributed by atoms with Crippen molar-refractivity contribution in [3.8, 4) is 17.6 Å².